The number of aliphatic imine (C=N–C) groups is 1. The first kappa shape index (κ1) is 16.6. The highest BCUT2D eigenvalue weighted by molar-refractivity contribution is 6.00. The maximum Gasteiger partial charge on any atom is 0.335 e. The molecule has 2 aromatic rings. The monoisotopic (exact) mass is 351 g/mol. The van der Waals surface area contributed by atoms with Gasteiger partial charge in [0, 0.05) is 32.6 Å². The Morgan fingerprint density at radius 1 is 1.15 bits per heavy atom. The van der Waals surface area contributed by atoms with Crippen LogP contribution in [0.25, 0.3) is 0 Å². The van der Waals surface area contributed by atoms with Crippen molar-refractivity contribution in [1.29, 1.82) is 0 Å². The van der Waals surface area contributed by atoms with Gasteiger partial charge in [-0.25, -0.2) is 9.79 Å². The molecule has 0 aliphatic carbocycles. The summed E-state index contributed by atoms with van der Waals surface area (Å²) in [6.45, 7) is 1.98. The molecule has 134 valence electrons. The van der Waals surface area contributed by atoms with E-state index in [-0.39, 0.29) is 5.54 Å². The molecule has 2 aliphatic rings. The van der Waals surface area contributed by atoms with Gasteiger partial charge in [-0.1, -0.05) is 24.3 Å². The van der Waals surface area contributed by atoms with Crippen LogP contribution in [0.3, 0.4) is 0 Å². The number of para-hydroxylation sites is 2. The number of carboxylic acids is 1. The number of nitrogens with one attached hydrogen (secondary N) is 2. The quantitative estimate of drug-likeness (QED) is 0.791. The van der Waals surface area contributed by atoms with E-state index in [1.165, 1.54) is 0 Å². The molecule has 0 bridgehead atoms. The molecule has 26 heavy (non-hydrogen) atoms. The molecule has 6 heteroatoms. The highest BCUT2D eigenvalue weighted by Crippen LogP contribution is 2.37. The van der Waals surface area contributed by atoms with Gasteiger partial charge in [0.15, 0.2) is 0 Å². The number of anilines is 1. The van der Waals surface area contributed by atoms with E-state index >= 15 is 0 Å². The maximum atomic E-state index is 11.0. The van der Waals surface area contributed by atoms with Gasteiger partial charge in [0.1, 0.15) is 5.84 Å². The van der Waals surface area contributed by atoms with E-state index in [1.807, 2.05) is 30.3 Å². The number of amidine groups is 1. The normalized spacial score (nSPS) is 17.8. The van der Waals surface area contributed by atoms with Crippen LogP contribution in [-0.4, -0.2) is 35.7 Å². The predicted octanol–water partition coefficient (Wildman–Crippen LogP) is 3.18. The second-order valence-corrected chi connectivity index (χ2v) is 6.65. The first-order valence-electron chi connectivity index (χ1n) is 8.77. The number of ether oxygens (including phenoxy) is 1. The molecule has 6 nitrogen and oxygen atoms in total. The molecule has 1 spiro atoms. The van der Waals surface area contributed by atoms with Crippen LogP contribution < -0.4 is 10.6 Å². The highest BCUT2D eigenvalue weighted by atomic mass is 16.5. The fourth-order valence-corrected chi connectivity index (χ4v) is 3.46. The van der Waals surface area contributed by atoms with E-state index in [2.05, 4.69) is 16.7 Å². The fraction of sp³-hybridized carbons (Fsp3) is 0.300. The zero-order valence-electron chi connectivity index (χ0n) is 14.4. The number of nitrogens with zero attached hydrogens (tertiary/aromatic N) is 1. The van der Waals surface area contributed by atoms with Gasteiger partial charge in [0.2, 0.25) is 0 Å². The molecule has 3 N–H and O–H groups in total. The van der Waals surface area contributed by atoms with Crippen LogP contribution in [0.5, 0.6) is 0 Å². The summed E-state index contributed by atoms with van der Waals surface area (Å²) in [5.74, 6) is 0.00458. The lowest BCUT2D eigenvalue weighted by molar-refractivity contribution is 0.0696. The van der Waals surface area contributed by atoms with E-state index in [4.69, 9.17) is 14.8 Å². The molecule has 1 fully saturated rings. The molecular weight excluding hydrogens is 330 g/mol. The van der Waals surface area contributed by atoms with Crippen molar-refractivity contribution in [2.75, 3.05) is 18.5 Å². The molecule has 0 amide bonds. The Bertz CT molecular complexity index is 840. The average molecular weight is 351 g/mol. The van der Waals surface area contributed by atoms with Crippen molar-refractivity contribution in [3.8, 4) is 0 Å². The van der Waals surface area contributed by atoms with Crippen molar-refractivity contribution >= 4 is 23.2 Å². The van der Waals surface area contributed by atoms with Crippen molar-refractivity contribution < 1.29 is 14.6 Å². The minimum Gasteiger partial charge on any atom is -0.478 e. The Kier molecular flexibility index (Phi) is 4.34. The number of benzene rings is 2. The standard InChI is InChI=1S/C20H21N3O3/c24-18(25)15-7-5-14(6-8-15)13-21-19-20(9-11-26-12-10-20)23-17-4-2-1-3-16(17)22-19/h1-8,23H,9-13H2,(H,21,22)(H,24,25). The van der Waals surface area contributed by atoms with Crippen LogP contribution >= 0.6 is 0 Å². The summed E-state index contributed by atoms with van der Waals surface area (Å²) < 4.78 is 5.55. The lowest BCUT2D eigenvalue weighted by Crippen LogP contribution is -2.56. The Hall–Kier alpha value is -2.86. The second kappa shape index (κ2) is 6.80. The summed E-state index contributed by atoms with van der Waals surface area (Å²) in [6.07, 6.45) is 1.70. The minimum absolute atomic E-state index is 0.242. The van der Waals surface area contributed by atoms with Gasteiger partial charge < -0.3 is 20.5 Å². The van der Waals surface area contributed by atoms with Crippen molar-refractivity contribution in [2.24, 2.45) is 4.99 Å². The van der Waals surface area contributed by atoms with E-state index in [1.54, 1.807) is 12.1 Å². The molecule has 2 heterocycles. The lowest BCUT2D eigenvalue weighted by atomic mass is 9.86. The highest BCUT2D eigenvalue weighted by Gasteiger charge is 2.40. The smallest absolute Gasteiger partial charge is 0.335 e. The number of hydrogen-bond donors (Lipinski definition) is 3. The number of rotatable bonds is 3. The van der Waals surface area contributed by atoms with Crippen LogP contribution in [0.15, 0.2) is 53.5 Å². The van der Waals surface area contributed by atoms with E-state index in [0.717, 1.165) is 35.6 Å². The first-order valence-corrected chi connectivity index (χ1v) is 8.77. The molecule has 0 unspecified atom stereocenters. The predicted molar refractivity (Wildman–Crippen MR) is 100 cm³/mol. The van der Waals surface area contributed by atoms with Gasteiger partial charge in [0.05, 0.1) is 22.5 Å². The second-order valence-electron chi connectivity index (χ2n) is 6.65. The largest absolute Gasteiger partial charge is 0.478 e. The zero-order chi connectivity index (χ0) is 18.0. The Morgan fingerprint density at radius 3 is 2.62 bits per heavy atom. The third kappa shape index (κ3) is 3.15. The topological polar surface area (TPSA) is 83.0 Å². The Morgan fingerprint density at radius 2 is 1.88 bits per heavy atom. The van der Waals surface area contributed by atoms with Crippen LogP contribution in [0, 0.1) is 0 Å². The third-order valence-electron chi connectivity index (χ3n) is 4.97. The van der Waals surface area contributed by atoms with Gasteiger partial charge in [0.25, 0.3) is 0 Å². The van der Waals surface area contributed by atoms with Gasteiger partial charge in [-0.15, -0.1) is 0 Å². The summed E-state index contributed by atoms with van der Waals surface area (Å²) >= 11 is 0. The van der Waals surface area contributed by atoms with Gasteiger partial charge in [-0.2, -0.15) is 0 Å². The lowest BCUT2D eigenvalue weighted by Gasteiger charge is -2.42. The first-order chi connectivity index (χ1) is 12.7. The summed E-state index contributed by atoms with van der Waals surface area (Å²) in [4.78, 5) is 15.9. The summed E-state index contributed by atoms with van der Waals surface area (Å²) in [5.41, 5.74) is 3.03. The Balaban J connectivity index is 1.57. The molecule has 0 atom stereocenters. The van der Waals surface area contributed by atoms with Gasteiger partial charge >= 0.3 is 5.97 Å². The zero-order valence-corrected chi connectivity index (χ0v) is 14.4. The molecule has 2 aromatic carbocycles. The molecule has 0 aromatic heterocycles. The van der Waals surface area contributed by atoms with Crippen molar-refractivity contribution in [2.45, 2.75) is 24.9 Å². The van der Waals surface area contributed by atoms with Crippen LogP contribution in [0.1, 0.15) is 28.8 Å². The number of aromatic carboxylic acids is 1. The van der Waals surface area contributed by atoms with Crippen LogP contribution in [-0.2, 0) is 11.3 Å². The van der Waals surface area contributed by atoms with Crippen molar-refractivity contribution in [3.63, 3.8) is 0 Å². The molecule has 1 saturated heterocycles. The van der Waals surface area contributed by atoms with E-state index < -0.39 is 5.97 Å². The number of hydrogen-bond acceptors (Lipinski definition) is 5. The van der Waals surface area contributed by atoms with Crippen LogP contribution in [0.4, 0.5) is 11.4 Å². The Labute approximate surface area is 151 Å². The molecule has 0 saturated carbocycles. The number of carboxylic acid groups (broad SMARTS) is 1. The molecular formula is C20H21N3O3. The summed E-state index contributed by atoms with van der Waals surface area (Å²) in [6, 6.07) is 15.0. The van der Waals surface area contributed by atoms with E-state index in [0.29, 0.717) is 25.3 Å². The van der Waals surface area contributed by atoms with Crippen molar-refractivity contribution in [1.82, 2.24) is 5.32 Å². The summed E-state index contributed by atoms with van der Waals surface area (Å²) in [7, 11) is 0. The minimum atomic E-state index is -0.914. The van der Waals surface area contributed by atoms with E-state index in [9.17, 15) is 4.79 Å². The fourth-order valence-electron chi connectivity index (χ4n) is 3.46. The molecule has 4 rings (SSSR count). The molecule has 2 aliphatic heterocycles. The maximum absolute atomic E-state index is 11.0. The van der Waals surface area contributed by atoms with Gasteiger partial charge in [-0.05, 0) is 29.8 Å². The molecule has 0 radical (unpaired) electrons. The summed E-state index contributed by atoms with van der Waals surface area (Å²) in [5, 5.41) is 16.2. The number of fused-ring (bicyclic) bond motifs is 1. The van der Waals surface area contributed by atoms with Gasteiger partial charge in [-0.3, -0.25) is 0 Å². The SMILES string of the molecule is O=C(O)c1ccc(CNC2=Nc3ccccc3NC23CCOCC3)cc1. The average Bonchev–Trinajstić information content (AvgIpc) is 2.67. The van der Waals surface area contributed by atoms with Crippen LogP contribution in [0.2, 0.25) is 0 Å². The third-order valence-corrected chi connectivity index (χ3v) is 4.97. The van der Waals surface area contributed by atoms with Crippen molar-refractivity contribution in [3.05, 3.63) is 59.7 Å². The number of carbonyl (C=O) groups is 1.